The lowest BCUT2D eigenvalue weighted by atomic mass is 10.1. The Labute approximate surface area is 104 Å². The van der Waals surface area contributed by atoms with E-state index in [1.165, 1.54) is 6.92 Å². The first kappa shape index (κ1) is 14.0. The molecule has 0 bridgehead atoms. The molecule has 1 unspecified atom stereocenters. The van der Waals surface area contributed by atoms with E-state index in [4.69, 9.17) is 5.11 Å². The first-order chi connectivity index (χ1) is 8.31. The van der Waals surface area contributed by atoms with Gasteiger partial charge in [-0.25, -0.2) is 0 Å². The summed E-state index contributed by atoms with van der Waals surface area (Å²) < 4.78 is 0. The number of amides is 1. The van der Waals surface area contributed by atoms with Crippen LogP contribution in [-0.2, 0) is 4.79 Å². The van der Waals surface area contributed by atoms with E-state index in [0.717, 1.165) is 6.07 Å². The van der Waals surface area contributed by atoms with Gasteiger partial charge in [0.25, 0.3) is 5.91 Å². The van der Waals surface area contributed by atoms with Crippen LogP contribution in [0.25, 0.3) is 0 Å². The quantitative estimate of drug-likeness (QED) is 0.734. The summed E-state index contributed by atoms with van der Waals surface area (Å²) >= 11 is 0. The highest BCUT2D eigenvalue weighted by Crippen LogP contribution is 2.10. The molecule has 1 rings (SSSR count). The Morgan fingerprint density at radius 3 is 2.39 bits per heavy atom. The molecule has 0 saturated carbocycles. The molecule has 0 aliphatic carbocycles. The van der Waals surface area contributed by atoms with Crippen molar-refractivity contribution in [1.82, 2.24) is 10.3 Å². The SMILES string of the molecule is CC(NC(=O)c1cc(C(C)C)[nH]c(=O)c1)C(=O)O. The van der Waals surface area contributed by atoms with Gasteiger partial charge in [-0.05, 0) is 18.9 Å². The van der Waals surface area contributed by atoms with Crippen LogP contribution in [0.3, 0.4) is 0 Å². The van der Waals surface area contributed by atoms with Crippen LogP contribution in [0.2, 0.25) is 0 Å². The minimum Gasteiger partial charge on any atom is -0.480 e. The second kappa shape index (κ2) is 5.48. The summed E-state index contributed by atoms with van der Waals surface area (Å²) in [5.41, 5.74) is 0.417. The molecule has 0 aromatic carbocycles. The molecule has 98 valence electrons. The van der Waals surface area contributed by atoms with Crippen molar-refractivity contribution < 1.29 is 14.7 Å². The largest absolute Gasteiger partial charge is 0.480 e. The predicted molar refractivity (Wildman–Crippen MR) is 65.7 cm³/mol. The molecule has 0 radical (unpaired) electrons. The van der Waals surface area contributed by atoms with Crippen LogP contribution in [0, 0.1) is 0 Å². The number of H-pyrrole nitrogens is 1. The molecule has 1 aromatic heterocycles. The second-order valence-electron chi connectivity index (χ2n) is 4.38. The Balaban J connectivity index is 2.99. The van der Waals surface area contributed by atoms with Crippen LogP contribution in [0.1, 0.15) is 42.7 Å². The van der Waals surface area contributed by atoms with Crippen molar-refractivity contribution in [3.8, 4) is 0 Å². The highest BCUT2D eigenvalue weighted by molar-refractivity contribution is 5.96. The fraction of sp³-hybridized carbons (Fsp3) is 0.417. The minimum absolute atomic E-state index is 0.0716. The van der Waals surface area contributed by atoms with Crippen LogP contribution in [0.15, 0.2) is 16.9 Å². The Hall–Kier alpha value is -2.11. The number of rotatable bonds is 4. The van der Waals surface area contributed by atoms with E-state index in [9.17, 15) is 14.4 Å². The summed E-state index contributed by atoms with van der Waals surface area (Å²) in [5.74, 6) is -1.63. The van der Waals surface area contributed by atoms with E-state index in [2.05, 4.69) is 10.3 Å². The third kappa shape index (κ3) is 3.44. The van der Waals surface area contributed by atoms with E-state index in [-0.39, 0.29) is 17.0 Å². The first-order valence-electron chi connectivity index (χ1n) is 5.59. The summed E-state index contributed by atoms with van der Waals surface area (Å²) in [6.07, 6.45) is 0. The number of nitrogens with one attached hydrogen (secondary N) is 2. The summed E-state index contributed by atoms with van der Waals surface area (Å²) in [7, 11) is 0. The minimum atomic E-state index is -1.13. The summed E-state index contributed by atoms with van der Waals surface area (Å²) in [6.45, 7) is 5.12. The van der Waals surface area contributed by atoms with Gasteiger partial charge in [-0.15, -0.1) is 0 Å². The Bertz CT molecular complexity index is 519. The molecule has 18 heavy (non-hydrogen) atoms. The van der Waals surface area contributed by atoms with Gasteiger partial charge in [-0.3, -0.25) is 14.4 Å². The van der Waals surface area contributed by atoms with Crippen LogP contribution in [-0.4, -0.2) is 28.0 Å². The van der Waals surface area contributed by atoms with E-state index < -0.39 is 17.9 Å². The maximum atomic E-state index is 11.8. The summed E-state index contributed by atoms with van der Waals surface area (Å²) in [4.78, 5) is 36.4. The molecule has 6 heteroatoms. The van der Waals surface area contributed by atoms with Crippen molar-refractivity contribution in [2.24, 2.45) is 0 Å². The highest BCUT2D eigenvalue weighted by atomic mass is 16.4. The monoisotopic (exact) mass is 252 g/mol. The van der Waals surface area contributed by atoms with Crippen molar-refractivity contribution in [2.45, 2.75) is 32.7 Å². The van der Waals surface area contributed by atoms with E-state index in [0.29, 0.717) is 5.69 Å². The average molecular weight is 252 g/mol. The molecular weight excluding hydrogens is 236 g/mol. The lowest BCUT2D eigenvalue weighted by molar-refractivity contribution is -0.138. The lowest BCUT2D eigenvalue weighted by Gasteiger charge is -2.11. The molecule has 0 fully saturated rings. The third-order valence-electron chi connectivity index (χ3n) is 2.47. The molecular formula is C12H16N2O4. The predicted octanol–water partition coefficient (Wildman–Crippen LogP) is 0.701. The molecule has 1 amide bonds. The number of carbonyl (C=O) groups excluding carboxylic acids is 1. The Morgan fingerprint density at radius 2 is 1.89 bits per heavy atom. The van der Waals surface area contributed by atoms with Gasteiger partial charge in [0.15, 0.2) is 0 Å². The van der Waals surface area contributed by atoms with Gasteiger partial charge in [-0.2, -0.15) is 0 Å². The van der Waals surface area contributed by atoms with Crippen molar-refractivity contribution in [1.29, 1.82) is 0 Å². The first-order valence-corrected chi connectivity index (χ1v) is 5.59. The standard InChI is InChI=1S/C12H16N2O4/c1-6(2)9-4-8(5-10(15)14-9)11(16)13-7(3)12(17)18/h4-7H,1-3H3,(H,13,16)(H,14,15)(H,17,18). The number of carboxylic acids is 1. The molecule has 0 saturated heterocycles. The van der Waals surface area contributed by atoms with Gasteiger partial charge >= 0.3 is 5.97 Å². The molecule has 1 atom stereocenters. The number of hydrogen-bond donors (Lipinski definition) is 3. The van der Waals surface area contributed by atoms with E-state index >= 15 is 0 Å². The van der Waals surface area contributed by atoms with Crippen molar-refractivity contribution in [3.63, 3.8) is 0 Å². The van der Waals surface area contributed by atoms with E-state index in [1.54, 1.807) is 6.07 Å². The third-order valence-corrected chi connectivity index (χ3v) is 2.47. The van der Waals surface area contributed by atoms with Crippen molar-refractivity contribution >= 4 is 11.9 Å². The maximum Gasteiger partial charge on any atom is 0.325 e. The lowest BCUT2D eigenvalue weighted by Crippen LogP contribution is -2.38. The van der Waals surface area contributed by atoms with Crippen molar-refractivity contribution in [3.05, 3.63) is 33.7 Å². The second-order valence-corrected chi connectivity index (χ2v) is 4.38. The topological polar surface area (TPSA) is 99.3 Å². The van der Waals surface area contributed by atoms with Gasteiger partial charge in [-0.1, -0.05) is 13.8 Å². The molecule has 1 aromatic rings. The number of aliphatic carboxylic acids is 1. The number of carbonyl (C=O) groups is 2. The smallest absolute Gasteiger partial charge is 0.325 e. The molecule has 0 aliphatic rings. The molecule has 6 nitrogen and oxygen atoms in total. The molecule has 0 aliphatic heterocycles. The van der Waals surface area contributed by atoms with E-state index in [1.807, 2.05) is 13.8 Å². The zero-order chi connectivity index (χ0) is 13.9. The maximum absolute atomic E-state index is 11.8. The highest BCUT2D eigenvalue weighted by Gasteiger charge is 2.16. The van der Waals surface area contributed by atoms with Crippen LogP contribution < -0.4 is 10.9 Å². The average Bonchev–Trinajstić information content (AvgIpc) is 2.27. The fourth-order valence-electron chi connectivity index (χ4n) is 1.35. The van der Waals surface area contributed by atoms with Crippen LogP contribution >= 0.6 is 0 Å². The Morgan fingerprint density at radius 1 is 1.28 bits per heavy atom. The van der Waals surface area contributed by atoms with Crippen LogP contribution in [0.5, 0.6) is 0 Å². The van der Waals surface area contributed by atoms with Gasteiger partial charge in [0, 0.05) is 17.3 Å². The van der Waals surface area contributed by atoms with Gasteiger partial charge in [0.05, 0.1) is 0 Å². The number of pyridine rings is 1. The summed E-state index contributed by atoms with van der Waals surface area (Å²) in [5, 5.41) is 11.0. The molecule has 1 heterocycles. The zero-order valence-corrected chi connectivity index (χ0v) is 10.5. The normalized spacial score (nSPS) is 12.2. The zero-order valence-electron chi connectivity index (χ0n) is 10.5. The number of carboxylic acid groups (broad SMARTS) is 1. The molecule has 0 spiro atoms. The van der Waals surface area contributed by atoms with Crippen LogP contribution in [0.4, 0.5) is 0 Å². The van der Waals surface area contributed by atoms with Gasteiger partial charge in [0.1, 0.15) is 6.04 Å². The number of hydrogen-bond acceptors (Lipinski definition) is 3. The fourth-order valence-corrected chi connectivity index (χ4v) is 1.35. The van der Waals surface area contributed by atoms with Gasteiger partial charge < -0.3 is 15.4 Å². The van der Waals surface area contributed by atoms with Gasteiger partial charge in [0.2, 0.25) is 5.56 Å². The molecule has 3 N–H and O–H groups in total. The number of aromatic nitrogens is 1. The Kier molecular flexibility index (Phi) is 4.25. The number of aromatic amines is 1. The van der Waals surface area contributed by atoms with Crippen molar-refractivity contribution in [2.75, 3.05) is 0 Å². The summed E-state index contributed by atoms with van der Waals surface area (Å²) in [6, 6.07) is 1.70.